The van der Waals surface area contributed by atoms with Crippen LogP contribution in [0.5, 0.6) is 0 Å². The van der Waals surface area contributed by atoms with E-state index in [1.54, 1.807) is 11.3 Å². The summed E-state index contributed by atoms with van der Waals surface area (Å²) in [5, 5.41) is 5.97. The summed E-state index contributed by atoms with van der Waals surface area (Å²) < 4.78 is 1.97. The zero-order chi connectivity index (χ0) is 16.1. The van der Waals surface area contributed by atoms with E-state index in [9.17, 15) is 0 Å². The molecule has 4 rings (SSSR count). The predicted octanol–water partition coefficient (Wildman–Crippen LogP) is 4.42. The summed E-state index contributed by atoms with van der Waals surface area (Å²) in [5.74, 6) is 0. The van der Waals surface area contributed by atoms with Crippen molar-refractivity contribution in [2.75, 3.05) is 18.0 Å². The molecule has 1 aliphatic carbocycles. The maximum absolute atomic E-state index is 4.83. The molecule has 2 aromatic rings. The summed E-state index contributed by atoms with van der Waals surface area (Å²) in [6.45, 7) is 8.89. The molecular formula is C18H26N4S. The number of rotatable bonds is 1. The van der Waals surface area contributed by atoms with Gasteiger partial charge < -0.3 is 4.90 Å². The normalized spacial score (nSPS) is 25.6. The number of aromatic nitrogens is 3. The van der Waals surface area contributed by atoms with Gasteiger partial charge in [-0.15, -0.1) is 5.10 Å². The van der Waals surface area contributed by atoms with Crippen molar-refractivity contribution in [3.05, 3.63) is 24.0 Å². The molecular weight excluding hydrogens is 304 g/mol. The van der Waals surface area contributed by atoms with E-state index < -0.39 is 0 Å². The van der Waals surface area contributed by atoms with E-state index >= 15 is 0 Å². The summed E-state index contributed by atoms with van der Waals surface area (Å²) in [7, 11) is 0. The van der Waals surface area contributed by atoms with Gasteiger partial charge >= 0.3 is 0 Å². The number of anilines is 1. The van der Waals surface area contributed by atoms with Crippen molar-refractivity contribution in [1.29, 1.82) is 0 Å². The molecule has 124 valence electrons. The maximum Gasteiger partial charge on any atom is 0.214 e. The maximum atomic E-state index is 4.83. The Morgan fingerprint density at radius 3 is 2.78 bits per heavy atom. The average Bonchev–Trinajstić information content (AvgIpc) is 3.06. The fraction of sp³-hybridized carbons (Fsp3) is 0.667. The summed E-state index contributed by atoms with van der Waals surface area (Å²) in [6.07, 6.45) is 13.3. The largest absolute Gasteiger partial charge is 0.346 e. The molecule has 5 heteroatoms. The molecule has 0 amide bonds. The SMILES string of the molecule is CC(C)(C)c1cn2nc(N3CCC[C@]4(CC=CCC4)C3)sc2n1. The quantitative estimate of drug-likeness (QED) is 0.726. The molecule has 4 nitrogen and oxygen atoms in total. The van der Waals surface area contributed by atoms with Gasteiger partial charge in [0.15, 0.2) is 0 Å². The first-order valence-corrected chi connectivity index (χ1v) is 9.54. The van der Waals surface area contributed by atoms with E-state index in [-0.39, 0.29) is 5.41 Å². The van der Waals surface area contributed by atoms with E-state index in [4.69, 9.17) is 10.1 Å². The van der Waals surface area contributed by atoms with Crippen LogP contribution in [0.25, 0.3) is 4.96 Å². The summed E-state index contributed by atoms with van der Waals surface area (Å²) in [6, 6.07) is 0. The van der Waals surface area contributed by atoms with Crippen LogP contribution in [-0.2, 0) is 5.41 Å². The molecule has 1 aliphatic heterocycles. The van der Waals surface area contributed by atoms with Crippen LogP contribution < -0.4 is 4.90 Å². The lowest BCUT2D eigenvalue weighted by Crippen LogP contribution is -2.43. The third-order valence-corrected chi connectivity index (χ3v) is 6.28. The zero-order valence-corrected chi connectivity index (χ0v) is 15.2. The Bertz CT molecular complexity index is 704. The minimum absolute atomic E-state index is 0.0806. The highest BCUT2D eigenvalue weighted by molar-refractivity contribution is 7.20. The number of imidazole rings is 1. The first-order valence-electron chi connectivity index (χ1n) is 8.72. The fourth-order valence-electron chi connectivity index (χ4n) is 3.86. The van der Waals surface area contributed by atoms with Gasteiger partial charge in [0.25, 0.3) is 0 Å². The van der Waals surface area contributed by atoms with Crippen LogP contribution >= 0.6 is 11.3 Å². The van der Waals surface area contributed by atoms with Gasteiger partial charge in [0.1, 0.15) is 0 Å². The molecule has 0 aromatic carbocycles. The van der Waals surface area contributed by atoms with Crippen LogP contribution in [0.1, 0.15) is 58.6 Å². The van der Waals surface area contributed by atoms with Crippen LogP contribution in [0, 0.1) is 5.41 Å². The molecule has 1 fully saturated rings. The minimum Gasteiger partial charge on any atom is -0.346 e. The van der Waals surface area contributed by atoms with Crippen molar-refractivity contribution in [1.82, 2.24) is 14.6 Å². The standard InChI is InChI=1S/C18H26N4S/c1-17(2,3)14-12-22-15(19-14)23-16(20-22)21-11-7-10-18(13-21)8-5-4-6-9-18/h4-5,12H,6-11,13H2,1-3H3/t18-/m1/s1. The molecule has 23 heavy (non-hydrogen) atoms. The third-order valence-electron chi connectivity index (χ3n) is 5.29. The van der Waals surface area contributed by atoms with E-state index in [0.29, 0.717) is 5.41 Å². The highest BCUT2D eigenvalue weighted by atomic mass is 32.1. The van der Waals surface area contributed by atoms with Crippen LogP contribution in [0.3, 0.4) is 0 Å². The lowest BCUT2D eigenvalue weighted by molar-refractivity contribution is 0.209. The second-order valence-electron chi connectivity index (χ2n) is 8.23. The van der Waals surface area contributed by atoms with Crippen LogP contribution in [0.2, 0.25) is 0 Å². The minimum atomic E-state index is 0.0806. The molecule has 2 aromatic heterocycles. The van der Waals surface area contributed by atoms with Gasteiger partial charge in [-0.3, -0.25) is 0 Å². The van der Waals surface area contributed by atoms with Crippen molar-refractivity contribution < 1.29 is 0 Å². The topological polar surface area (TPSA) is 33.4 Å². The molecule has 0 unspecified atom stereocenters. The summed E-state index contributed by atoms with van der Waals surface area (Å²) >= 11 is 1.74. The molecule has 0 bridgehead atoms. The van der Waals surface area contributed by atoms with Crippen molar-refractivity contribution in [2.24, 2.45) is 5.41 Å². The lowest BCUT2D eigenvalue weighted by atomic mass is 9.71. The van der Waals surface area contributed by atoms with E-state index in [0.717, 1.165) is 28.9 Å². The molecule has 1 saturated heterocycles. The molecule has 1 spiro atoms. The van der Waals surface area contributed by atoms with Crippen LogP contribution in [0.4, 0.5) is 5.13 Å². The van der Waals surface area contributed by atoms with E-state index in [1.807, 2.05) is 4.52 Å². The molecule has 1 atom stereocenters. The van der Waals surface area contributed by atoms with Gasteiger partial charge in [-0.2, -0.15) is 0 Å². The number of nitrogens with zero attached hydrogens (tertiary/aromatic N) is 4. The number of hydrogen-bond donors (Lipinski definition) is 0. The molecule has 0 N–H and O–H groups in total. The Hall–Kier alpha value is -1.36. The molecule has 3 heterocycles. The highest BCUT2D eigenvalue weighted by Crippen LogP contribution is 2.42. The second-order valence-corrected chi connectivity index (χ2v) is 9.16. The number of fused-ring (bicyclic) bond motifs is 1. The van der Waals surface area contributed by atoms with Gasteiger partial charge in [0.05, 0.1) is 11.9 Å². The van der Waals surface area contributed by atoms with Gasteiger partial charge in [-0.25, -0.2) is 9.50 Å². The Morgan fingerprint density at radius 1 is 1.22 bits per heavy atom. The van der Waals surface area contributed by atoms with Crippen LogP contribution in [-0.4, -0.2) is 27.7 Å². The Morgan fingerprint density at radius 2 is 2.09 bits per heavy atom. The number of hydrogen-bond acceptors (Lipinski definition) is 4. The molecule has 0 radical (unpaired) electrons. The van der Waals surface area contributed by atoms with Gasteiger partial charge in [-0.05, 0) is 37.5 Å². The Labute approximate surface area is 142 Å². The third kappa shape index (κ3) is 2.80. The summed E-state index contributed by atoms with van der Waals surface area (Å²) in [4.78, 5) is 8.30. The zero-order valence-electron chi connectivity index (χ0n) is 14.4. The lowest BCUT2D eigenvalue weighted by Gasteiger charge is -2.43. The van der Waals surface area contributed by atoms with E-state index in [1.165, 1.54) is 32.1 Å². The van der Waals surface area contributed by atoms with Crippen molar-refractivity contribution >= 4 is 21.4 Å². The first kappa shape index (κ1) is 15.2. The monoisotopic (exact) mass is 330 g/mol. The fourth-order valence-corrected chi connectivity index (χ4v) is 4.77. The Balaban J connectivity index is 1.59. The average molecular weight is 331 g/mol. The number of piperidine rings is 1. The van der Waals surface area contributed by atoms with Gasteiger partial charge in [-0.1, -0.05) is 44.3 Å². The predicted molar refractivity (Wildman–Crippen MR) is 96.4 cm³/mol. The summed E-state index contributed by atoms with van der Waals surface area (Å²) in [5.41, 5.74) is 1.68. The number of allylic oxidation sites excluding steroid dienone is 2. The molecule has 2 aliphatic rings. The smallest absolute Gasteiger partial charge is 0.214 e. The van der Waals surface area contributed by atoms with Gasteiger partial charge in [0.2, 0.25) is 10.1 Å². The second kappa shape index (κ2) is 5.33. The van der Waals surface area contributed by atoms with Crippen molar-refractivity contribution in [3.63, 3.8) is 0 Å². The Kier molecular flexibility index (Phi) is 3.52. The van der Waals surface area contributed by atoms with E-state index in [2.05, 4.69) is 44.0 Å². The van der Waals surface area contributed by atoms with Crippen LogP contribution in [0.15, 0.2) is 18.3 Å². The first-order chi connectivity index (χ1) is 11.0. The van der Waals surface area contributed by atoms with Crippen molar-refractivity contribution in [3.8, 4) is 0 Å². The van der Waals surface area contributed by atoms with Crippen molar-refractivity contribution in [2.45, 2.75) is 58.3 Å². The molecule has 0 saturated carbocycles. The highest BCUT2D eigenvalue weighted by Gasteiger charge is 2.36. The van der Waals surface area contributed by atoms with Gasteiger partial charge in [0, 0.05) is 18.5 Å².